The van der Waals surface area contributed by atoms with E-state index < -0.39 is 192 Å². The lowest BCUT2D eigenvalue weighted by Gasteiger charge is -2.58. The molecule has 0 aromatic carbocycles. The normalized spacial score (nSPS) is 56.0. The molecule has 4 aliphatic carbocycles. The number of carbonyl (C=O) groups excluding carboxylic acids is 1. The van der Waals surface area contributed by atoms with Crippen molar-refractivity contribution in [2.45, 2.75) is 238 Å². The molecule has 3 saturated carbocycles. The zero-order chi connectivity index (χ0) is 58.6. The van der Waals surface area contributed by atoms with Crippen molar-refractivity contribution < 1.29 is 133 Å². The van der Waals surface area contributed by atoms with Crippen molar-refractivity contribution in [1.82, 2.24) is 0 Å². The molecule has 0 amide bonds. The molecule has 0 radical (unpaired) electrons. The van der Waals surface area contributed by atoms with Crippen LogP contribution in [0.2, 0.25) is 0 Å². The lowest BCUT2D eigenvalue weighted by molar-refractivity contribution is -0.408. The third-order valence-corrected chi connectivity index (χ3v) is 21.0. The molecule has 34 atom stereocenters. The number of carbonyl (C=O) groups is 1. The van der Waals surface area contributed by atoms with Gasteiger partial charge in [0.15, 0.2) is 37.2 Å². The molecule has 468 valence electrons. The van der Waals surface area contributed by atoms with Crippen LogP contribution in [0.4, 0.5) is 0 Å². The highest BCUT2D eigenvalue weighted by Crippen LogP contribution is 2.70. The minimum absolute atomic E-state index is 0.0521. The van der Waals surface area contributed by atoms with Crippen molar-refractivity contribution in [3.05, 3.63) is 11.6 Å². The van der Waals surface area contributed by atoms with Crippen LogP contribution in [-0.2, 0) is 61.6 Å². The van der Waals surface area contributed by atoms with Gasteiger partial charge in [-0.2, -0.15) is 0 Å². The zero-order valence-corrected chi connectivity index (χ0v) is 46.4. The van der Waals surface area contributed by atoms with E-state index in [1.807, 2.05) is 0 Å². The van der Waals surface area contributed by atoms with E-state index in [2.05, 4.69) is 33.8 Å². The molecule has 11 rings (SSSR count). The molecular formula is C55H86O27. The third kappa shape index (κ3) is 10.6. The Labute approximate surface area is 473 Å². The van der Waals surface area contributed by atoms with Gasteiger partial charge in [-0.05, 0) is 67.6 Å². The first-order valence-electron chi connectivity index (χ1n) is 29.3. The van der Waals surface area contributed by atoms with E-state index in [0.29, 0.717) is 38.2 Å². The summed E-state index contributed by atoms with van der Waals surface area (Å²) in [6.07, 6.45) is -34.6. The predicted molar refractivity (Wildman–Crippen MR) is 269 cm³/mol. The molecule has 7 aliphatic heterocycles. The van der Waals surface area contributed by atoms with Crippen molar-refractivity contribution in [2.75, 3.05) is 39.6 Å². The number of aliphatic hydroxyl groups is 14. The van der Waals surface area contributed by atoms with E-state index >= 15 is 0 Å². The Morgan fingerprint density at radius 2 is 1.12 bits per heavy atom. The smallest absolute Gasteiger partial charge is 0.187 e. The summed E-state index contributed by atoms with van der Waals surface area (Å²) in [5, 5.41) is 153. The van der Waals surface area contributed by atoms with Gasteiger partial charge < -0.3 is 128 Å². The fourth-order valence-electron chi connectivity index (χ4n) is 16.2. The van der Waals surface area contributed by atoms with Gasteiger partial charge in [-0.25, -0.2) is 0 Å². The van der Waals surface area contributed by atoms with Crippen LogP contribution < -0.4 is 0 Å². The van der Waals surface area contributed by atoms with E-state index in [0.717, 1.165) is 31.3 Å². The number of hydrogen-bond donors (Lipinski definition) is 14. The topological polar surface area (TPSA) is 411 Å². The number of rotatable bonds is 13. The second-order valence-electron chi connectivity index (χ2n) is 25.7. The Morgan fingerprint density at radius 3 is 1.74 bits per heavy atom. The SMILES string of the molecule is C[C@@H]1CC[C@@]2(OC1)O[C@H]1C[C@H]3[C@@H]4CC=C5C[C@@H](O[C@@H]6O[C@H](CO)[C@H](O[C@@H]7O[C@H](CO)[C@@H](O)[C@H](O[C@@H]8OC[C@@H](O)[C@H](O)[C@H]8O)[C@H]7O[C@@H]7O[C@H](CO)[C@@H](O)[C@H](O[C@@H]8OC[C@@H](O)[C@H](O)[C@H]8O)[C@H]7O)[C@H](O)[C@H]6O)CC[C@]5(C)[C@H]4CC(=O)[C@]3(C)[C@H]1[C@@H]2C. The van der Waals surface area contributed by atoms with Gasteiger partial charge in [0.1, 0.15) is 116 Å². The summed E-state index contributed by atoms with van der Waals surface area (Å²) in [5.41, 5.74) is 0.285. The molecule has 82 heavy (non-hydrogen) atoms. The van der Waals surface area contributed by atoms with Gasteiger partial charge in [-0.15, -0.1) is 0 Å². The van der Waals surface area contributed by atoms with Crippen LogP contribution in [0.15, 0.2) is 11.6 Å². The number of fused-ring (bicyclic) bond motifs is 7. The van der Waals surface area contributed by atoms with Crippen LogP contribution in [0, 0.1) is 46.3 Å². The molecule has 0 aromatic rings. The molecule has 27 heteroatoms. The summed E-state index contributed by atoms with van der Waals surface area (Å²) >= 11 is 0. The molecular weight excluding hydrogens is 1090 g/mol. The third-order valence-electron chi connectivity index (χ3n) is 21.0. The van der Waals surface area contributed by atoms with E-state index in [9.17, 15) is 76.3 Å². The van der Waals surface area contributed by atoms with Crippen molar-refractivity contribution in [3.8, 4) is 0 Å². The van der Waals surface area contributed by atoms with Crippen LogP contribution in [0.5, 0.6) is 0 Å². The zero-order valence-electron chi connectivity index (χ0n) is 46.4. The highest BCUT2D eigenvalue weighted by Gasteiger charge is 2.72. The van der Waals surface area contributed by atoms with Crippen molar-refractivity contribution >= 4 is 5.78 Å². The van der Waals surface area contributed by atoms with Crippen molar-refractivity contribution in [3.63, 3.8) is 0 Å². The molecule has 27 nitrogen and oxygen atoms in total. The van der Waals surface area contributed by atoms with E-state index in [-0.39, 0.29) is 46.9 Å². The first-order valence-corrected chi connectivity index (χ1v) is 29.3. The average Bonchev–Trinajstić information content (AvgIpc) is 1.54. The van der Waals surface area contributed by atoms with Crippen LogP contribution >= 0.6 is 0 Å². The molecule has 0 bridgehead atoms. The van der Waals surface area contributed by atoms with Gasteiger partial charge in [0.25, 0.3) is 0 Å². The van der Waals surface area contributed by atoms with Gasteiger partial charge in [-0.3, -0.25) is 4.79 Å². The van der Waals surface area contributed by atoms with Crippen molar-refractivity contribution in [2.24, 2.45) is 46.3 Å². The second-order valence-corrected chi connectivity index (χ2v) is 25.7. The summed E-state index contributed by atoms with van der Waals surface area (Å²) in [4.78, 5) is 14.7. The van der Waals surface area contributed by atoms with Crippen LogP contribution in [0.3, 0.4) is 0 Å². The first-order chi connectivity index (χ1) is 39.0. The second kappa shape index (κ2) is 24.1. The number of ketones is 1. The summed E-state index contributed by atoms with van der Waals surface area (Å²) < 4.78 is 72.8. The number of allylic oxidation sites excluding steroid dienone is 1. The molecule has 1 spiro atoms. The highest BCUT2D eigenvalue weighted by molar-refractivity contribution is 5.87. The number of ether oxygens (including phenoxy) is 12. The van der Waals surface area contributed by atoms with Gasteiger partial charge in [-0.1, -0.05) is 39.3 Å². The lowest BCUT2D eigenvalue weighted by Crippen LogP contribution is -2.69. The van der Waals surface area contributed by atoms with Crippen LogP contribution in [0.1, 0.15) is 79.1 Å². The average molecular weight is 1180 g/mol. The van der Waals surface area contributed by atoms with Gasteiger partial charge in [0.05, 0.1) is 51.8 Å². The molecule has 0 unspecified atom stereocenters. The largest absolute Gasteiger partial charge is 0.394 e. The minimum atomic E-state index is -2.13. The first kappa shape index (κ1) is 62.0. The molecule has 0 aromatic heterocycles. The molecule has 10 fully saturated rings. The predicted octanol–water partition coefficient (Wildman–Crippen LogP) is -4.71. The van der Waals surface area contributed by atoms with Crippen LogP contribution in [-0.4, -0.2) is 276 Å². The standard InChI is InChI=1S/C55H86O27/c1-20-7-10-55(73-17-20)21(2)34-29(82-55)12-26-24-6-5-22-11-23(8-9-53(22,3)25(24)13-33(61)54(26,34)4)74-50-42(69)39(66)44(32(16-58)77-50)78-52-47(46(38(65)31(15-57)76-52)80-49-41(68)36(63)28(60)19-72-49)81-51-43(70)45(37(64)30(14-56)75-51)79-48-40(67)35(62)27(59)18-71-48/h5,20-21,23-32,34-52,56-60,62-70H,6-19H2,1-4H3/t20-,21+,23+,24-,25+,26+,27-,28-,29+,30-,31-,32-,34+,35+,36+,37-,38-,39-,40-,41-,42-,43-,44+,45+,46+,47-,48+,49+,50-,51+,52+,53+,54-,55-/m1/s1. The molecule has 14 N–H and O–H groups in total. The Kier molecular flexibility index (Phi) is 18.2. The Hall–Kier alpha value is -1.63. The van der Waals surface area contributed by atoms with Gasteiger partial charge in [0, 0.05) is 30.1 Å². The van der Waals surface area contributed by atoms with E-state index in [1.54, 1.807) is 0 Å². The molecule has 11 aliphatic rings. The fourth-order valence-corrected chi connectivity index (χ4v) is 16.2. The highest BCUT2D eigenvalue weighted by atomic mass is 16.8. The summed E-state index contributed by atoms with van der Waals surface area (Å²) in [7, 11) is 0. The maximum absolute atomic E-state index is 14.7. The number of aliphatic hydroxyl groups excluding tert-OH is 14. The lowest BCUT2D eigenvalue weighted by atomic mass is 9.46. The van der Waals surface area contributed by atoms with Gasteiger partial charge >= 0.3 is 0 Å². The minimum Gasteiger partial charge on any atom is -0.394 e. The maximum Gasteiger partial charge on any atom is 0.187 e. The number of Topliss-reactive ketones (excluding diaryl/α,β-unsaturated/α-hetero) is 1. The Morgan fingerprint density at radius 1 is 0.561 bits per heavy atom. The summed E-state index contributed by atoms with van der Waals surface area (Å²) in [5.74, 6) is 0.773. The van der Waals surface area contributed by atoms with E-state index in [4.69, 9.17) is 56.8 Å². The van der Waals surface area contributed by atoms with Gasteiger partial charge in [0.2, 0.25) is 0 Å². The number of hydrogen-bond acceptors (Lipinski definition) is 27. The summed E-state index contributed by atoms with van der Waals surface area (Å²) in [6.45, 7) is 5.61. The fraction of sp³-hybridized carbons (Fsp3) is 0.945. The Bertz CT molecular complexity index is 2240. The van der Waals surface area contributed by atoms with Crippen LogP contribution in [0.25, 0.3) is 0 Å². The quantitative estimate of drug-likeness (QED) is 0.0771. The molecule has 7 heterocycles. The van der Waals surface area contributed by atoms with Crippen molar-refractivity contribution in [1.29, 1.82) is 0 Å². The van der Waals surface area contributed by atoms with E-state index in [1.165, 1.54) is 0 Å². The molecule has 7 saturated heterocycles. The Balaban J connectivity index is 0.796. The monoisotopic (exact) mass is 1180 g/mol. The maximum atomic E-state index is 14.7. The summed E-state index contributed by atoms with van der Waals surface area (Å²) in [6, 6.07) is 0.